The molecule has 2 unspecified atom stereocenters. The van der Waals surface area contributed by atoms with Crippen LogP contribution in [-0.2, 0) is 23.6 Å². The molecule has 0 spiro atoms. The predicted octanol–water partition coefficient (Wildman–Crippen LogP) is 8.19. The van der Waals surface area contributed by atoms with Crippen LogP contribution in [0.15, 0.2) is 121 Å². The van der Waals surface area contributed by atoms with Crippen molar-refractivity contribution < 1.29 is 9.05 Å². The Morgan fingerprint density at radius 3 is 1.37 bits per heavy atom. The molecule has 2 aliphatic heterocycles. The lowest BCUT2D eigenvalue weighted by atomic mass is 10.0. The van der Waals surface area contributed by atoms with E-state index < -0.39 is 12.8 Å². The van der Waals surface area contributed by atoms with Crippen molar-refractivity contribution in [2.24, 2.45) is 0 Å². The standard InChI is InChI=1S/C31H23NO2P2S2/c1-22-18-20-23(21-19-22)32(35(37)30-16-8-4-12-26(30)24-10-2-6-14-28(24)33-35)36(38)31-17-9-5-13-27(31)25-11-3-7-15-29(25)34-36/h2-21H,1H3. The molecule has 0 radical (unpaired) electrons. The van der Waals surface area contributed by atoms with E-state index in [4.69, 9.17) is 32.7 Å². The lowest BCUT2D eigenvalue weighted by Crippen LogP contribution is -2.36. The highest BCUT2D eigenvalue weighted by Crippen LogP contribution is 2.71. The molecule has 0 aliphatic carbocycles. The van der Waals surface area contributed by atoms with Crippen LogP contribution < -0.4 is 24.1 Å². The summed E-state index contributed by atoms with van der Waals surface area (Å²) in [4.78, 5) is 0. The molecule has 0 N–H and O–H groups in total. The molecule has 7 heteroatoms. The Morgan fingerprint density at radius 1 is 0.500 bits per heavy atom. The molecule has 0 bridgehead atoms. The number of para-hydroxylation sites is 2. The smallest absolute Gasteiger partial charge is 0.241 e. The van der Waals surface area contributed by atoms with Gasteiger partial charge in [0, 0.05) is 21.7 Å². The number of hydrogen-bond donors (Lipinski definition) is 0. The van der Waals surface area contributed by atoms with Gasteiger partial charge in [-0.05, 0) is 78.1 Å². The summed E-state index contributed by atoms with van der Waals surface area (Å²) in [7, 11) is 0. The first kappa shape index (κ1) is 23.9. The number of fused-ring (bicyclic) bond motifs is 6. The van der Waals surface area contributed by atoms with E-state index in [1.807, 2.05) is 48.5 Å². The quantitative estimate of drug-likeness (QED) is 0.205. The maximum atomic E-state index is 6.95. The lowest BCUT2D eigenvalue weighted by molar-refractivity contribution is 0.605. The van der Waals surface area contributed by atoms with Gasteiger partial charge in [0.15, 0.2) is 0 Å². The van der Waals surface area contributed by atoms with Crippen LogP contribution in [0.5, 0.6) is 11.5 Å². The molecule has 0 amide bonds. The average Bonchev–Trinajstić information content (AvgIpc) is 2.95. The van der Waals surface area contributed by atoms with Gasteiger partial charge in [-0.25, -0.2) is 4.44 Å². The zero-order valence-electron chi connectivity index (χ0n) is 20.5. The minimum absolute atomic E-state index is 0.777. The summed E-state index contributed by atoms with van der Waals surface area (Å²) >= 11 is 13.4. The zero-order chi connectivity index (χ0) is 25.9. The summed E-state index contributed by atoms with van der Waals surface area (Å²) in [5, 5.41) is 1.97. The third kappa shape index (κ3) is 3.54. The normalized spacial score (nSPS) is 20.6. The fourth-order valence-electron chi connectivity index (χ4n) is 5.22. The molecule has 0 fully saturated rings. The number of aryl methyl sites for hydroxylation is 1. The molecule has 5 aromatic rings. The first-order valence-electron chi connectivity index (χ1n) is 12.3. The number of benzene rings is 5. The third-order valence-corrected chi connectivity index (χ3v) is 16.2. The van der Waals surface area contributed by atoms with Crippen molar-refractivity contribution in [2.45, 2.75) is 6.92 Å². The summed E-state index contributed by atoms with van der Waals surface area (Å²) in [6.07, 6.45) is -5.99. The van der Waals surface area contributed by atoms with E-state index in [-0.39, 0.29) is 0 Å². The topological polar surface area (TPSA) is 21.7 Å². The van der Waals surface area contributed by atoms with Crippen molar-refractivity contribution in [3.05, 3.63) is 127 Å². The summed E-state index contributed by atoms with van der Waals surface area (Å²) in [5.41, 5.74) is 6.32. The highest BCUT2D eigenvalue weighted by Gasteiger charge is 2.48. The van der Waals surface area contributed by atoms with Gasteiger partial charge < -0.3 is 9.05 Å². The number of hydrogen-bond acceptors (Lipinski definition) is 4. The highest BCUT2D eigenvalue weighted by molar-refractivity contribution is 8.27. The molecule has 2 heterocycles. The summed E-state index contributed by atoms with van der Waals surface area (Å²) in [6, 6.07) is 41.2. The second-order valence-electron chi connectivity index (χ2n) is 9.38. The van der Waals surface area contributed by atoms with Crippen molar-refractivity contribution in [1.29, 1.82) is 0 Å². The van der Waals surface area contributed by atoms with E-state index in [9.17, 15) is 0 Å². The Hall–Kier alpha value is -3.20. The van der Waals surface area contributed by atoms with Gasteiger partial charge in [-0.2, -0.15) is 0 Å². The SMILES string of the molecule is Cc1ccc(N(P2(=S)Oc3ccccc3-c3ccccc32)P2(=S)Oc3ccccc3-c3ccccc32)cc1. The Balaban J connectivity index is 1.54. The van der Waals surface area contributed by atoms with E-state index in [0.29, 0.717) is 0 Å². The number of rotatable bonds is 3. The van der Waals surface area contributed by atoms with Crippen LogP contribution in [0.1, 0.15) is 5.56 Å². The van der Waals surface area contributed by atoms with E-state index in [1.54, 1.807) is 0 Å². The van der Waals surface area contributed by atoms with Crippen LogP contribution in [0.25, 0.3) is 22.3 Å². The van der Waals surface area contributed by atoms with Gasteiger partial charge in [0.2, 0.25) is 12.8 Å². The molecule has 3 nitrogen and oxygen atoms in total. The van der Waals surface area contributed by atoms with Gasteiger partial charge in [0.1, 0.15) is 11.5 Å². The molecule has 186 valence electrons. The van der Waals surface area contributed by atoms with Crippen molar-refractivity contribution in [2.75, 3.05) is 4.44 Å². The van der Waals surface area contributed by atoms with Crippen molar-refractivity contribution in [3.8, 4) is 33.8 Å². The second-order valence-corrected chi connectivity index (χ2v) is 16.9. The number of anilines is 1. The van der Waals surface area contributed by atoms with Crippen LogP contribution >= 0.6 is 12.8 Å². The van der Waals surface area contributed by atoms with Gasteiger partial charge in [0.05, 0.1) is 5.69 Å². The predicted molar refractivity (Wildman–Crippen MR) is 167 cm³/mol. The Morgan fingerprint density at radius 2 is 0.895 bits per heavy atom. The van der Waals surface area contributed by atoms with Crippen molar-refractivity contribution in [1.82, 2.24) is 0 Å². The molecule has 5 aromatic carbocycles. The maximum absolute atomic E-state index is 6.95. The molecule has 0 saturated heterocycles. The largest absolute Gasteiger partial charge is 0.444 e. The Bertz CT molecular complexity index is 1710. The molecule has 0 aromatic heterocycles. The van der Waals surface area contributed by atoms with E-state index in [2.05, 4.69) is 84.2 Å². The lowest BCUT2D eigenvalue weighted by Gasteiger charge is -2.47. The van der Waals surface area contributed by atoms with E-state index in [0.717, 1.165) is 55.6 Å². The molecular formula is C31H23NO2P2S2. The summed E-state index contributed by atoms with van der Waals surface area (Å²) < 4.78 is 16.1. The molecule has 2 aliphatic rings. The molecule has 0 saturated carbocycles. The average molecular weight is 568 g/mol. The minimum Gasteiger partial charge on any atom is -0.444 e. The van der Waals surface area contributed by atoms with Crippen molar-refractivity contribution >= 4 is 52.7 Å². The van der Waals surface area contributed by atoms with Crippen molar-refractivity contribution in [3.63, 3.8) is 0 Å². The Kier molecular flexibility index (Phi) is 5.61. The number of nitrogens with zero attached hydrogens (tertiary/aromatic N) is 1. The van der Waals surface area contributed by atoms with Crippen LogP contribution in [0, 0.1) is 6.92 Å². The fraction of sp³-hybridized carbons (Fsp3) is 0.0323. The Labute approximate surface area is 233 Å². The fourth-order valence-corrected chi connectivity index (χ4v) is 15.6. The first-order chi connectivity index (χ1) is 18.5. The maximum Gasteiger partial charge on any atom is 0.241 e. The van der Waals surface area contributed by atoms with Crippen LogP contribution in [-0.4, -0.2) is 0 Å². The summed E-state index contributed by atoms with van der Waals surface area (Å²) in [6.45, 7) is 2.08. The van der Waals surface area contributed by atoms with Gasteiger partial charge in [-0.15, -0.1) is 0 Å². The highest BCUT2D eigenvalue weighted by atomic mass is 32.5. The molecule has 38 heavy (non-hydrogen) atoms. The molecule has 7 rings (SSSR count). The second kappa shape index (κ2) is 8.93. The summed E-state index contributed by atoms with van der Waals surface area (Å²) in [5.74, 6) is 1.55. The zero-order valence-corrected chi connectivity index (χ0v) is 23.9. The van der Waals surface area contributed by atoms with Gasteiger partial charge in [-0.3, -0.25) is 0 Å². The van der Waals surface area contributed by atoms with Crippen LogP contribution in [0.3, 0.4) is 0 Å². The minimum atomic E-state index is -3.00. The molecule has 2 atom stereocenters. The van der Waals surface area contributed by atoms with Gasteiger partial charge in [-0.1, -0.05) is 90.5 Å². The monoisotopic (exact) mass is 567 g/mol. The van der Waals surface area contributed by atoms with Gasteiger partial charge >= 0.3 is 0 Å². The van der Waals surface area contributed by atoms with Crippen LogP contribution in [0.4, 0.5) is 5.69 Å². The molecular weight excluding hydrogens is 544 g/mol. The van der Waals surface area contributed by atoms with E-state index in [1.165, 1.54) is 0 Å². The third-order valence-electron chi connectivity index (χ3n) is 6.98. The first-order valence-corrected chi connectivity index (χ1v) is 17.7. The van der Waals surface area contributed by atoms with Gasteiger partial charge in [0.25, 0.3) is 0 Å². The van der Waals surface area contributed by atoms with E-state index >= 15 is 0 Å². The van der Waals surface area contributed by atoms with Crippen LogP contribution in [0.2, 0.25) is 0 Å².